The average Bonchev–Trinajstić information content (AvgIpc) is 3.24. The molecule has 2 aliphatic heterocycles. The number of hydrogen-bond donors (Lipinski definition) is 1. The topological polar surface area (TPSA) is 110 Å². The standard InChI is InChI=1S/C43H52N8O4/c1-5-54-40-23-31(24-41(25-40)55-6-2)30-49-19-15-36(16-20-49)51(48-42-44-26-34(27-45-42)32-7-11-38(52-3)12-8-32)37-17-21-50(22-18-37)43-46-28-35(29-47-43)33-9-13-39(53-4)14-10-33/h7-14,23-29,36-37H,5-6,15-22,30H2,1-4H3,(H,44,45,48). The number of aromatic nitrogens is 4. The number of likely N-dealkylation sites (tertiary alicyclic amines) is 1. The molecule has 55 heavy (non-hydrogen) atoms. The Labute approximate surface area is 324 Å². The van der Waals surface area contributed by atoms with Crippen LogP contribution in [0, 0.1) is 0 Å². The van der Waals surface area contributed by atoms with E-state index in [1.165, 1.54) is 5.56 Å². The number of hydrogen-bond acceptors (Lipinski definition) is 12. The van der Waals surface area contributed by atoms with Crippen LogP contribution in [-0.4, -0.2) is 95.5 Å². The monoisotopic (exact) mass is 744 g/mol. The van der Waals surface area contributed by atoms with Gasteiger partial charge in [-0.15, -0.1) is 0 Å². The zero-order chi connectivity index (χ0) is 38.0. The lowest BCUT2D eigenvalue weighted by atomic mass is 9.98. The number of nitrogens with zero attached hydrogens (tertiary/aromatic N) is 7. The van der Waals surface area contributed by atoms with Gasteiger partial charge in [0.25, 0.3) is 0 Å². The predicted octanol–water partition coefficient (Wildman–Crippen LogP) is 7.38. The van der Waals surface area contributed by atoms with Crippen LogP contribution in [0.5, 0.6) is 23.0 Å². The number of piperidine rings is 2. The van der Waals surface area contributed by atoms with Crippen molar-refractivity contribution in [2.75, 3.05) is 63.9 Å². The van der Waals surface area contributed by atoms with Crippen molar-refractivity contribution in [3.63, 3.8) is 0 Å². The first-order valence-electron chi connectivity index (χ1n) is 19.4. The van der Waals surface area contributed by atoms with Crippen LogP contribution < -0.4 is 29.3 Å². The third-order valence-corrected chi connectivity index (χ3v) is 10.4. The Balaban J connectivity index is 1.03. The van der Waals surface area contributed by atoms with Crippen LogP contribution in [0.25, 0.3) is 22.3 Å². The summed E-state index contributed by atoms with van der Waals surface area (Å²) in [6.45, 7) is 9.81. The van der Waals surface area contributed by atoms with Gasteiger partial charge in [0.05, 0.1) is 27.4 Å². The van der Waals surface area contributed by atoms with E-state index in [1.807, 2.05) is 93.2 Å². The first-order valence-corrected chi connectivity index (χ1v) is 19.4. The first-order chi connectivity index (χ1) is 27.0. The van der Waals surface area contributed by atoms with Crippen molar-refractivity contribution in [3.05, 3.63) is 97.1 Å². The smallest absolute Gasteiger partial charge is 0.237 e. The third-order valence-electron chi connectivity index (χ3n) is 10.4. The van der Waals surface area contributed by atoms with Gasteiger partial charge in [0.2, 0.25) is 11.9 Å². The van der Waals surface area contributed by atoms with E-state index >= 15 is 0 Å². The molecule has 3 aromatic carbocycles. The third kappa shape index (κ3) is 9.62. The number of anilines is 2. The molecular formula is C43H52N8O4. The molecular weight excluding hydrogens is 693 g/mol. The summed E-state index contributed by atoms with van der Waals surface area (Å²) in [5, 5.41) is 2.45. The van der Waals surface area contributed by atoms with Gasteiger partial charge in [-0.1, -0.05) is 24.3 Å². The van der Waals surface area contributed by atoms with Gasteiger partial charge in [-0.2, -0.15) is 0 Å². The highest BCUT2D eigenvalue weighted by Crippen LogP contribution is 2.30. The fraction of sp³-hybridized carbons (Fsp3) is 0.395. The Morgan fingerprint density at radius 2 is 1.07 bits per heavy atom. The lowest BCUT2D eigenvalue weighted by Crippen LogP contribution is -2.54. The fourth-order valence-electron chi connectivity index (χ4n) is 7.51. The van der Waals surface area contributed by atoms with Gasteiger partial charge < -0.3 is 23.8 Å². The average molecular weight is 745 g/mol. The number of hydrazine groups is 1. The van der Waals surface area contributed by atoms with Crippen LogP contribution in [0.3, 0.4) is 0 Å². The van der Waals surface area contributed by atoms with E-state index in [-0.39, 0.29) is 0 Å². The molecule has 12 nitrogen and oxygen atoms in total. The summed E-state index contributed by atoms with van der Waals surface area (Å²) in [5.41, 5.74) is 8.95. The van der Waals surface area contributed by atoms with Crippen LogP contribution in [0.15, 0.2) is 91.5 Å². The van der Waals surface area contributed by atoms with Crippen molar-refractivity contribution in [1.29, 1.82) is 0 Å². The predicted molar refractivity (Wildman–Crippen MR) is 216 cm³/mol. The van der Waals surface area contributed by atoms with E-state index in [1.54, 1.807) is 14.2 Å². The molecule has 0 bridgehead atoms. The van der Waals surface area contributed by atoms with Crippen molar-refractivity contribution < 1.29 is 18.9 Å². The van der Waals surface area contributed by atoms with Gasteiger partial charge in [-0.3, -0.25) is 10.3 Å². The van der Waals surface area contributed by atoms with Crippen molar-refractivity contribution in [3.8, 4) is 45.3 Å². The second-order valence-electron chi connectivity index (χ2n) is 13.9. The largest absolute Gasteiger partial charge is 0.497 e. The summed E-state index contributed by atoms with van der Waals surface area (Å²) < 4.78 is 22.4. The molecule has 2 aromatic heterocycles. The summed E-state index contributed by atoms with van der Waals surface area (Å²) in [7, 11) is 3.35. The van der Waals surface area contributed by atoms with Crippen molar-refractivity contribution in [2.45, 2.75) is 58.2 Å². The number of benzene rings is 3. The molecule has 0 amide bonds. The Morgan fingerprint density at radius 3 is 1.55 bits per heavy atom. The van der Waals surface area contributed by atoms with Crippen LogP contribution >= 0.6 is 0 Å². The minimum atomic E-state index is 0.299. The number of methoxy groups -OCH3 is 2. The Bertz CT molecular complexity index is 1900. The number of ether oxygens (including phenoxy) is 4. The summed E-state index contributed by atoms with van der Waals surface area (Å²) in [4.78, 5) is 23.9. The zero-order valence-corrected chi connectivity index (χ0v) is 32.4. The van der Waals surface area contributed by atoms with Crippen molar-refractivity contribution in [1.82, 2.24) is 29.8 Å². The molecule has 0 aliphatic carbocycles. The molecule has 2 aliphatic rings. The minimum absolute atomic E-state index is 0.299. The minimum Gasteiger partial charge on any atom is -0.497 e. The summed E-state index contributed by atoms with van der Waals surface area (Å²) >= 11 is 0. The van der Waals surface area contributed by atoms with Crippen molar-refractivity contribution in [2.24, 2.45) is 0 Å². The molecule has 4 heterocycles. The second-order valence-corrected chi connectivity index (χ2v) is 13.9. The van der Waals surface area contributed by atoms with Gasteiger partial charge in [-0.05, 0) is 92.6 Å². The number of rotatable bonds is 15. The van der Waals surface area contributed by atoms with E-state index in [0.29, 0.717) is 31.2 Å². The maximum atomic E-state index is 5.86. The van der Waals surface area contributed by atoms with Gasteiger partial charge in [0.1, 0.15) is 23.0 Å². The van der Waals surface area contributed by atoms with Gasteiger partial charge >= 0.3 is 0 Å². The molecule has 2 fully saturated rings. The second kappa shape index (κ2) is 18.2. The molecule has 0 atom stereocenters. The molecule has 1 N–H and O–H groups in total. The van der Waals surface area contributed by atoms with E-state index in [4.69, 9.17) is 38.9 Å². The van der Waals surface area contributed by atoms with Crippen molar-refractivity contribution >= 4 is 11.9 Å². The number of nitrogens with one attached hydrogen (secondary N) is 1. The fourth-order valence-corrected chi connectivity index (χ4v) is 7.51. The van der Waals surface area contributed by atoms with Crippen LogP contribution in [-0.2, 0) is 6.54 Å². The first kappa shape index (κ1) is 37.8. The van der Waals surface area contributed by atoms with E-state index < -0.39 is 0 Å². The normalized spacial score (nSPS) is 15.5. The van der Waals surface area contributed by atoms with Crippen LogP contribution in [0.4, 0.5) is 11.9 Å². The zero-order valence-electron chi connectivity index (χ0n) is 32.4. The van der Waals surface area contributed by atoms with E-state index in [2.05, 4.69) is 32.4 Å². The highest BCUT2D eigenvalue weighted by atomic mass is 16.5. The quantitative estimate of drug-likeness (QED) is 0.108. The molecule has 12 heteroatoms. The summed E-state index contributed by atoms with van der Waals surface area (Å²) in [6.07, 6.45) is 11.6. The van der Waals surface area contributed by atoms with Gasteiger partial charge in [-0.25, -0.2) is 24.9 Å². The Kier molecular flexibility index (Phi) is 12.6. The Morgan fingerprint density at radius 1 is 0.600 bits per heavy atom. The molecule has 2 saturated heterocycles. The molecule has 5 aromatic rings. The molecule has 7 rings (SSSR count). The van der Waals surface area contributed by atoms with Crippen LogP contribution in [0.2, 0.25) is 0 Å². The SMILES string of the molecule is CCOc1cc(CN2CCC(N(Nc3ncc(-c4ccc(OC)cc4)cn3)C3CCN(c4ncc(-c5ccc(OC)cc5)cn4)CC3)CC2)cc(OCC)c1. The summed E-state index contributed by atoms with van der Waals surface area (Å²) in [6, 6.07) is 22.8. The highest BCUT2D eigenvalue weighted by molar-refractivity contribution is 5.64. The van der Waals surface area contributed by atoms with Gasteiger partial charge in [0.15, 0.2) is 0 Å². The van der Waals surface area contributed by atoms with Crippen LogP contribution in [0.1, 0.15) is 45.1 Å². The molecule has 0 spiro atoms. The molecule has 288 valence electrons. The van der Waals surface area contributed by atoms with E-state index in [0.717, 1.165) is 110 Å². The Hall–Kier alpha value is -5.46. The highest BCUT2D eigenvalue weighted by Gasteiger charge is 2.33. The molecule has 0 unspecified atom stereocenters. The summed E-state index contributed by atoms with van der Waals surface area (Å²) in [5.74, 6) is 4.74. The van der Waals surface area contributed by atoms with Gasteiger partial charge in [0, 0.05) is 86.8 Å². The maximum Gasteiger partial charge on any atom is 0.237 e. The maximum absolute atomic E-state index is 5.86. The van der Waals surface area contributed by atoms with E-state index in [9.17, 15) is 0 Å². The lowest BCUT2D eigenvalue weighted by Gasteiger charge is -2.45. The lowest BCUT2D eigenvalue weighted by molar-refractivity contribution is 0.0807. The molecule has 0 saturated carbocycles. The molecule has 0 radical (unpaired) electrons.